The van der Waals surface area contributed by atoms with E-state index in [0.717, 1.165) is 22.3 Å². The lowest BCUT2D eigenvalue weighted by molar-refractivity contribution is -0.121. The van der Waals surface area contributed by atoms with Crippen LogP contribution in [0.25, 0.3) is 22.6 Å². The lowest BCUT2D eigenvalue weighted by atomic mass is 10.0. The lowest BCUT2D eigenvalue weighted by Gasteiger charge is -2.11. The number of fused-ring (bicyclic) bond motifs is 1. The fourth-order valence-corrected chi connectivity index (χ4v) is 2.40. The molecule has 0 radical (unpaired) electrons. The van der Waals surface area contributed by atoms with Gasteiger partial charge in [-0.2, -0.15) is 5.10 Å². The van der Waals surface area contributed by atoms with Crippen molar-refractivity contribution in [3.05, 3.63) is 42.2 Å². The van der Waals surface area contributed by atoms with Gasteiger partial charge in [0, 0.05) is 18.4 Å². The number of H-pyrrole nitrogens is 1. The van der Waals surface area contributed by atoms with Gasteiger partial charge < -0.3 is 9.40 Å². The van der Waals surface area contributed by atoms with E-state index in [1.54, 1.807) is 6.26 Å². The number of hydrogen-bond acceptors (Lipinski definition) is 4. The number of aromatic amines is 1. The van der Waals surface area contributed by atoms with Crippen molar-refractivity contribution in [3.63, 3.8) is 0 Å². The zero-order valence-corrected chi connectivity index (χ0v) is 11.1. The Morgan fingerprint density at radius 1 is 1.19 bits per heavy atom. The molecule has 1 aromatic carbocycles. The predicted octanol–water partition coefficient (Wildman–Crippen LogP) is 2.44. The van der Waals surface area contributed by atoms with Gasteiger partial charge in [-0.25, -0.2) is 10.4 Å². The molecule has 1 aliphatic heterocycles. The molecule has 0 bridgehead atoms. The Bertz CT molecular complexity index is 846. The highest BCUT2D eigenvalue weighted by Crippen LogP contribution is 2.22. The van der Waals surface area contributed by atoms with Gasteiger partial charge in [-0.05, 0) is 24.3 Å². The van der Waals surface area contributed by atoms with Gasteiger partial charge >= 0.3 is 0 Å². The summed E-state index contributed by atoms with van der Waals surface area (Å²) in [5, 5.41) is 4.10. The van der Waals surface area contributed by atoms with Crippen molar-refractivity contribution in [2.75, 3.05) is 0 Å². The van der Waals surface area contributed by atoms with Gasteiger partial charge in [0.25, 0.3) is 0 Å². The molecule has 3 heterocycles. The van der Waals surface area contributed by atoms with Crippen LogP contribution in [0.15, 0.2) is 46.1 Å². The Morgan fingerprint density at radius 3 is 2.90 bits per heavy atom. The van der Waals surface area contributed by atoms with Gasteiger partial charge in [0.15, 0.2) is 11.6 Å². The Hall–Kier alpha value is -2.89. The van der Waals surface area contributed by atoms with Crippen LogP contribution >= 0.6 is 0 Å². The molecular formula is C15H12N4O2. The molecule has 0 unspecified atom stereocenters. The zero-order chi connectivity index (χ0) is 14.2. The van der Waals surface area contributed by atoms with Crippen LogP contribution in [0, 0.1) is 0 Å². The average Bonchev–Trinajstić information content (AvgIpc) is 3.16. The Kier molecular flexibility index (Phi) is 2.60. The van der Waals surface area contributed by atoms with Crippen molar-refractivity contribution in [3.8, 4) is 11.6 Å². The minimum Gasteiger partial charge on any atom is -0.461 e. The molecule has 1 amide bonds. The van der Waals surface area contributed by atoms with Gasteiger partial charge in [0.2, 0.25) is 5.91 Å². The maximum Gasteiger partial charge on any atom is 0.240 e. The molecular weight excluding hydrogens is 268 g/mol. The van der Waals surface area contributed by atoms with Gasteiger partial charge in [-0.3, -0.25) is 4.79 Å². The van der Waals surface area contributed by atoms with Crippen LogP contribution in [0.5, 0.6) is 0 Å². The lowest BCUT2D eigenvalue weighted by Crippen LogP contribution is -2.25. The Labute approximate surface area is 119 Å². The molecule has 21 heavy (non-hydrogen) atoms. The van der Waals surface area contributed by atoms with Crippen molar-refractivity contribution in [2.24, 2.45) is 5.10 Å². The number of nitrogens with zero attached hydrogens (tertiary/aromatic N) is 2. The number of benzene rings is 1. The number of hydrazone groups is 1. The van der Waals surface area contributed by atoms with Crippen LogP contribution in [0.2, 0.25) is 0 Å². The summed E-state index contributed by atoms with van der Waals surface area (Å²) < 4.78 is 5.34. The molecule has 2 N–H and O–H groups in total. The van der Waals surface area contributed by atoms with Crippen LogP contribution < -0.4 is 5.43 Å². The van der Waals surface area contributed by atoms with Gasteiger partial charge in [-0.1, -0.05) is 6.07 Å². The molecule has 6 heteroatoms. The van der Waals surface area contributed by atoms with Gasteiger partial charge in [0.1, 0.15) is 0 Å². The minimum absolute atomic E-state index is 0.0419. The molecule has 0 atom stereocenters. The molecule has 3 aromatic rings. The standard InChI is InChI=1S/C15H12N4O2/c20-14-6-5-10(18-19-14)9-3-4-11-12(8-9)17-15(16-11)13-2-1-7-21-13/h1-4,7-8H,5-6H2,(H,16,17)(H,19,20). The molecule has 104 valence electrons. The number of aromatic nitrogens is 2. The average molecular weight is 280 g/mol. The summed E-state index contributed by atoms with van der Waals surface area (Å²) in [6, 6.07) is 9.59. The molecule has 4 rings (SSSR count). The van der Waals surface area contributed by atoms with Crippen molar-refractivity contribution in [2.45, 2.75) is 12.8 Å². The summed E-state index contributed by atoms with van der Waals surface area (Å²) in [5.41, 5.74) is 6.14. The summed E-state index contributed by atoms with van der Waals surface area (Å²) in [7, 11) is 0. The third kappa shape index (κ3) is 2.10. The Morgan fingerprint density at radius 2 is 2.14 bits per heavy atom. The highest BCUT2D eigenvalue weighted by molar-refractivity contribution is 6.05. The molecule has 1 aliphatic rings. The minimum atomic E-state index is -0.0419. The maximum atomic E-state index is 11.1. The summed E-state index contributed by atoms with van der Waals surface area (Å²) in [4.78, 5) is 18.9. The van der Waals surface area contributed by atoms with E-state index in [1.807, 2.05) is 30.3 Å². The normalized spacial score (nSPS) is 15.0. The topological polar surface area (TPSA) is 83.3 Å². The number of furan rings is 1. The number of imidazole rings is 1. The monoisotopic (exact) mass is 280 g/mol. The molecule has 6 nitrogen and oxygen atoms in total. The second-order valence-corrected chi connectivity index (χ2v) is 4.89. The van der Waals surface area contributed by atoms with E-state index in [-0.39, 0.29) is 5.91 Å². The van der Waals surface area contributed by atoms with Crippen LogP contribution in [-0.4, -0.2) is 21.6 Å². The molecule has 0 saturated carbocycles. The maximum absolute atomic E-state index is 11.1. The van der Waals surface area contributed by atoms with Crippen molar-refractivity contribution in [1.29, 1.82) is 0 Å². The molecule has 2 aromatic heterocycles. The highest BCUT2D eigenvalue weighted by atomic mass is 16.3. The number of rotatable bonds is 2. The predicted molar refractivity (Wildman–Crippen MR) is 77.7 cm³/mol. The number of nitrogens with one attached hydrogen (secondary N) is 2. The summed E-state index contributed by atoms with van der Waals surface area (Å²) in [6.07, 6.45) is 2.73. The number of amides is 1. The first kappa shape index (κ1) is 11.9. The SMILES string of the molecule is O=C1CCC(c2ccc3[nH]c(-c4ccco4)nc3c2)=NN1. The summed E-state index contributed by atoms with van der Waals surface area (Å²) in [6.45, 7) is 0. The van der Waals surface area contributed by atoms with Crippen molar-refractivity contribution >= 4 is 22.7 Å². The van der Waals surface area contributed by atoms with E-state index < -0.39 is 0 Å². The summed E-state index contributed by atoms with van der Waals surface area (Å²) in [5.74, 6) is 1.36. The zero-order valence-electron chi connectivity index (χ0n) is 11.1. The van der Waals surface area contributed by atoms with Crippen LogP contribution in [0.1, 0.15) is 18.4 Å². The quantitative estimate of drug-likeness (QED) is 0.756. The second kappa shape index (κ2) is 4.59. The second-order valence-electron chi connectivity index (χ2n) is 4.89. The van der Waals surface area contributed by atoms with Gasteiger partial charge in [-0.15, -0.1) is 0 Å². The van der Waals surface area contributed by atoms with E-state index in [2.05, 4.69) is 20.5 Å². The summed E-state index contributed by atoms with van der Waals surface area (Å²) >= 11 is 0. The largest absolute Gasteiger partial charge is 0.461 e. The van der Waals surface area contributed by atoms with Crippen molar-refractivity contribution < 1.29 is 9.21 Å². The smallest absolute Gasteiger partial charge is 0.240 e. The fraction of sp³-hybridized carbons (Fsp3) is 0.133. The first-order valence-electron chi connectivity index (χ1n) is 6.69. The molecule has 0 spiro atoms. The number of hydrogen-bond donors (Lipinski definition) is 2. The number of carbonyl (C=O) groups excluding carboxylic acids is 1. The molecule has 0 saturated heterocycles. The fourth-order valence-electron chi connectivity index (χ4n) is 2.40. The third-order valence-corrected chi connectivity index (χ3v) is 3.48. The van der Waals surface area contributed by atoms with E-state index in [0.29, 0.717) is 24.4 Å². The van der Waals surface area contributed by atoms with Crippen LogP contribution in [0.4, 0.5) is 0 Å². The first-order valence-corrected chi connectivity index (χ1v) is 6.69. The van der Waals surface area contributed by atoms with E-state index in [1.165, 1.54) is 0 Å². The highest BCUT2D eigenvalue weighted by Gasteiger charge is 2.15. The first-order chi connectivity index (χ1) is 10.3. The van der Waals surface area contributed by atoms with E-state index >= 15 is 0 Å². The van der Waals surface area contributed by atoms with E-state index in [4.69, 9.17) is 4.42 Å². The van der Waals surface area contributed by atoms with Crippen LogP contribution in [-0.2, 0) is 4.79 Å². The molecule has 0 fully saturated rings. The van der Waals surface area contributed by atoms with Crippen LogP contribution in [0.3, 0.4) is 0 Å². The third-order valence-electron chi connectivity index (χ3n) is 3.48. The number of carbonyl (C=O) groups is 1. The van der Waals surface area contributed by atoms with E-state index in [9.17, 15) is 4.79 Å². The molecule has 0 aliphatic carbocycles. The van der Waals surface area contributed by atoms with Gasteiger partial charge in [0.05, 0.1) is 23.0 Å². The van der Waals surface area contributed by atoms with Crippen molar-refractivity contribution in [1.82, 2.24) is 15.4 Å². The Balaban J connectivity index is 1.75.